The van der Waals surface area contributed by atoms with Crippen LogP contribution in [0.5, 0.6) is 5.75 Å². The number of nitrogens with one attached hydrogen (secondary N) is 1. The van der Waals surface area contributed by atoms with Crippen molar-refractivity contribution in [2.24, 2.45) is 4.99 Å². The Kier molecular flexibility index (Phi) is 4.34. The van der Waals surface area contributed by atoms with Crippen molar-refractivity contribution in [2.75, 3.05) is 19.9 Å². The summed E-state index contributed by atoms with van der Waals surface area (Å²) in [5.74, 6) is 0.890. The van der Waals surface area contributed by atoms with Crippen molar-refractivity contribution in [3.05, 3.63) is 29.5 Å². The number of nitrogens with zero attached hydrogens (tertiary/aromatic N) is 1. The predicted molar refractivity (Wildman–Crippen MR) is 83.1 cm³/mol. The first kappa shape index (κ1) is 15.5. The fourth-order valence-electron chi connectivity index (χ4n) is 2.34. The van der Waals surface area contributed by atoms with E-state index in [1.165, 1.54) is 16.6 Å². The fraction of sp³-hybridized carbons (Fsp3) is 0.357. The third-order valence-corrected chi connectivity index (χ3v) is 3.19. The number of aromatic nitrogens is 1. The molecule has 0 fully saturated rings. The number of hydrogen-bond donors (Lipinski definition) is 2. The lowest BCUT2D eigenvalue weighted by molar-refractivity contribution is 0.415. The molecule has 0 atom stereocenters. The monoisotopic (exact) mass is 310 g/mol. The number of aliphatic imine (C=N–C) groups is 1. The van der Waals surface area contributed by atoms with Gasteiger partial charge in [0.25, 0.3) is 10.1 Å². The van der Waals surface area contributed by atoms with Crippen molar-refractivity contribution < 1.29 is 17.7 Å². The lowest BCUT2D eigenvalue weighted by atomic mass is 10.0. The molecule has 1 aliphatic rings. The Morgan fingerprint density at radius 2 is 2.05 bits per heavy atom. The largest absolute Gasteiger partial charge is 0.497 e. The molecule has 0 amide bonds. The normalized spacial score (nSPS) is 14.0. The van der Waals surface area contributed by atoms with Crippen LogP contribution in [-0.4, -0.2) is 43.6 Å². The van der Waals surface area contributed by atoms with Gasteiger partial charge in [-0.25, -0.2) is 0 Å². The van der Waals surface area contributed by atoms with Crippen LogP contribution in [0, 0.1) is 0 Å². The Bertz CT molecular complexity index is 783. The zero-order valence-electron chi connectivity index (χ0n) is 12.2. The van der Waals surface area contributed by atoms with E-state index < -0.39 is 10.1 Å². The number of methoxy groups -OCH3 is 1. The van der Waals surface area contributed by atoms with Crippen molar-refractivity contribution in [1.82, 2.24) is 4.98 Å². The summed E-state index contributed by atoms with van der Waals surface area (Å²) in [4.78, 5) is 7.89. The van der Waals surface area contributed by atoms with Gasteiger partial charge >= 0.3 is 0 Å². The first-order valence-electron chi connectivity index (χ1n) is 6.42. The topological polar surface area (TPSA) is 91.8 Å². The van der Waals surface area contributed by atoms with Gasteiger partial charge in [-0.2, -0.15) is 8.42 Å². The number of fused-ring (bicyclic) bond motifs is 3. The molecular formula is C14H18N2O4S. The smallest absolute Gasteiger partial charge is 0.261 e. The summed E-state index contributed by atoms with van der Waals surface area (Å²) in [6, 6.07) is 6.18. The highest BCUT2D eigenvalue weighted by atomic mass is 32.2. The molecule has 0 spiro atoms. The first-order valence-corrected chi connectivity index (χ1v) is 8.27. The third-order valence-electron chi connectivity index (χ3n) is 3.19. The highest BCUT2D eigenvalue weighted by molar-refractivity contribution is 7.85. The van der Waals surface area contributed by atoms with Crippen LogP contribution in [-0.2, 0) is 16.5 Å². The summed E-state index contributed by atoms with van der Waals surface area (Å²) in [6.45, 7) is 2.96. The van der Waals surface area contributed by atoms with Crippen molar-refractivity contribution in [1.29, 1.82) is 0 Å². The van der Waals surface area contributed by atoms with E-state index in [4.69, 9.17) is 9.29 Å². The molecule has 2 N–H and O–H groups in total. The summed E-state index contributed by atoms with van der Waals surface area (Å²) in [5.41, 5.74) is 4.83. The number of benzene rings is 1. The van der Waals surface area contributed by atoms with Gasteiger partial charge < -0.3 is 9.72 Å². The molecule has 1 aromatic heterocycles. The van der Waals surface area contributed by atoms with Crippen LogP contribution in [0.2, 0.25) is 0 Å². The Labute approximate surface area is 123 Å². The van der Waals surface area contributed by atoms with Crippen LogP contribution >= 0.6 is 0 Å². The molecule has 21 heavy (non-hydrogen) atoms. The third kappa shape index (κ3) is 3.83. The van der Waals surface area contributed by atoms with Crippen LogP contribution in [0.15, 0.2) is 23.2 Å². The van der Waals surface area contributed by atoms with Gasteiger partial charge in [0.05, 0.1) is 24.8 Å². The van der Waals surface area contributed by atoms with Crippen LogP contribution in [0.3, 0.4) is 0 Å². The maximum absolute atomic E-state index is 9.19. The molecule has 1 aliphatic heterocycles. The Hall–Kier alpha value is -1.86. The highest BCUT2D eigenvalue weighted by Crippen LogP contribution is 2.28. The van der Waals surface area contributed by atoms with E-state index >= 15 is 0 Å². The molecule has 0 saturated carbocycles. The number of ether oxygens (including phenoxy) is 1. The number of aromatic amines is 1. The Morgan fingerprint density at radius 1 is 1.38 bits per heavy atom. The molecule has 2 heterocycles. The molecule has 0 saturated heterocycles. The van der Waals surface area contributed by atoms with E-state index in [1.807, 2.05) is 12.1 Å². The molecule has 0 bridgehead atoms. The molecular weight excluding hydrogens is 292 g/mol. The zero-order valence-corrected chi connectivity index (χ0v) is 13.0. The van der Waals surface area contributed by atoms with Gasteiger partial charge in [-0.3, -0.25) is 9.55 Å². The zero-order chi connectivity index (χ0) is 15.6. The van der Waals surface area contributed by atoms with Gasteiger partial charge in [0, 0.05) is 23.5 Å². The molecule has 1 aromatic carbocycles. The molecule has 0 unspecified atom stereocenters. The second-order valence-corrected chi connectivity index (χ2v) is 6.31. The van der Waals surface area contributed by atoms with Gasteiger partial charge in [0.15, 0.2) is 0 Å². The average molecular weight is 310 g/mol. The summed E-state index contributed by atoms with van der Waals surface area (Å²) in [7, 11) is -1.98. The molecule has 2 aromatic rings. The summed E-state index contributed by atoms with van der Waals surface area (Å²) in [6.07, 6.45) is 1.74. The lowest BCUT2D eigenvalue weighted by Crippen LogP contribution is -2.08. The van der Waals surface area contributed by atoms with Gasteiger partial charge in [-0.1, -0.05) is 0 Å². The lowest BCUT2D eigenvalue weighted by Gasteiger charge is -2.09. The van der Waals surface area contributed by atoms with E-state index in [-0.39, 0.29) is 0 Å². The van der Waals surface area contributed by atoms with Crippen molar-refractivity contribution >= 4 is 26.7 Å². The second kappa shape index (κ2) is 5.87. The SMILES string of the molecule is COc1ccc2c3c([nH]c2c1)C(C)=NCC3.CS(=O)(=O)O. The van der Waals surface area contributed by atoms with E-state index in [9.17, 15) is 8.42 Å². The quantitative estimate of drug-likeness (QED) is 0.789. The minimum atomic E-state index is -3.67. The van der Waals surface area contributed by atoms with E-state index in [0.717, 1.165) is 29.9 Å². The van der Waals surface area contributed by atoms with Crippen LogP contribution in [0.25, 0.3) is 10.9 Å². The molecule has 7 heteroatoms. The summed E-state index contributed by atoms with van der Waals surface area (Å²) < 4.78 is 31.1. The number of rotatable bonds is 1. The maximum Gasteiger partial charge on any atom is 0.261 e. The second-order valence-electron chi connectivity index (χ2n) is 4.84. The molecule has 6 nitrogen and oxygen atoms in total. The van der Waals surface area contributed by atoms with Crippen molar-refractivity contribution in [3.63, 3.8) is 0 Å². The molecule has 3 rings (SSSR count). The number of H-pyrrole nitrogens is 1. The molecule has 0 aliphatic carbocycles. The van der Waals surface area contributed by atoms with Gasteiger partial charge in [-0.05, 0) is 31.0 Å². The van der Waals surface area contributed by atoms with Crippen LogP contribution in [0.4, 0.5) is 0 Å². The van der Waals surface area contributed by atoms with E-state index in [0.29, 0.717) is 6.26 Å². The molecule has 114 valence electrons. The number of hydrogen-bond acceptors (Lipinski definition) is 4. The van der Waals surface area contributed by atoms with Gasteiger partial charge in [0.2, 0.25) is 0 Å². The minimum Gasteiger partial charge on any atom is -0.497 e. The van der Waals surface area contributed by atoms with Gasteiger partial charge in [0.1, 0.15) is 5.75 Å². The highest BCUT2D eigenvalue weighted by Gasteiger charge is 2.16. The van der Waals surface area contributed by atoms with Crippen LogP contribution < -0.4 is 4.74 Å². The Balaban J connectivity index is 0.000000282. The summed E-state index contributed by atoms with van der Waals surface area (Å²) in [5, 5.41) is 1.30. The fourth-order valence-corrected chi connectivity index (χ4v) is 2.34. The maximum atomic E-state index is 9.19. The predicted octanol–water partition coefficient (Wildman–Crippen LogP) is 2.05. The van der Waals surface area contributed by atoms with Gasteiger partial charge in [-0.15, -0.1) is 0 Å². The van der Waals surface area contributed by atoms with Crippen molar-refractivity contribution in [3.8, 4) is 5.75 Å². The van der Waals surface area contributed by atoms with E-state index in [1.54, 1.807) is 7.11 Å². The average Bonchev–Trinajstić information content (AvgIpc) is 2.76. The minimum absolute atomic E-state index is 0.715. The summed E-state index contributed by atoms with van der Waals surface area (Å²) >= 11 is 0. The van der Waals surface area contributed by atoms with Crippen LogP contribution in [0.1, 0.15) is 18.2 Å². The van der Waals surface area contributed by atoms with Crippen molar-refractivity contribution in [2.45, 2.75) is 13.3 Å². The van der Waals surface area contributed by atoms with E-state index in [2.05, 4.69) is 23.0 Å². The Morgan fingerprint density at radius 3 is 2.67 bits per heavy atom. The standard InChI is InChI=1S/C13H14N2O.CH4O3S/c1-8-13-11(5-6-14-8)10-4-3-9(16-2)7-12(10)15-13;1-5(2,3)4/h3-4,7,15H,5-6H2,1-2H3;1H3,(H,2,3,4). The first-order chi connectivity index (χ1) is 9.79. The molecule has 0 radical (unpaired) electrons.